The summed E-state index contributed by atoms with van der Waals surface area (Å²) in [7, 11) is -3.47. The molecule has 0 aliphatic carbocycles. The van der Waals surface area contributed by atoms with E-state index in [1.807, 2.05) is 53.7 Å². The maximum atomic E-state index is 13.2. The summed E-state index contributed by atoms with van der Waals surface area (Å²) >= 11 is 0. The van der Waals surface area contributed by atoms with Gasteiger partial charge in [0, 0.05) is 11.1 Å². The van der Waals surface area contributed by atoms with Crippen LogP contribution in [0.3, 0.4) is 0 Å². The molecule has 32 heavy (non-hydrogen) atoms. The van der Waals surface area contributed by atoms with Crippen molar-refractivity contribution in [1.29, 1.82) is 0 Å². The van der Waals surface area contributed by atoms with Crippen LogP contribution in [0, 0.1) is 0 Å². The maximum absolute atomic E-state index is 13.2. The third kappa shape index (κ3) is 7.30. The summed E-state index contributed by atoms with van der Waals surface area (Å²) in [5, 5.41) is 10.9. The van der Waals surface area contributed by atoms with E-state index in [1.165, 1.54) is 6.08 Å². The lowest BCUT2D eigenvalue weighted by atomic mass is 9.78. The van der Waals surface area contributed by atoms with Crippen molar-refractivity contribution in [3.63, 3.8) is 0 Å². The molecule has 0 aliphatic rings. The average molecular weight is 467 g/mol. The van der Waals surface area contributed by atoms with Crippen molar-refractivity contribution >= 4 is 19.5 Å². The molecule has 0 aromatic heterocycles. The molecule has 182 valence electrons. The van der Waals surface area contributed by atoms with Gasteiger partial charge in [0.2, 0.25) is 0 Å². The molecule has 0 saturated heterocycles. The van der Waals surface area contributed by atoms with Crippen LogP contribution in [0.2, 0.25) is 0 Å². The number of phenolic OH excluding ortho intramolecular Hbond substituents is 1. The van der Waals surface area contributed by atoms with Gasteiger partial charge in [-0.3, -0.25) is 13.9 Å². The molecule has 0 heterocycles. The van der Waals surface area contributed by atoms with E-state index in [0.717, 1.165) is 16.7 Å². The van der Waals surface area contributed by atoms with Crippen molar-refractivity contribution in [2.24, 2.45) is 0 Å². The molecule has 5 nitrogen and oxygen atoms in total. The van der Waals surface area contributed by atoms with Crippen LogP contribution in [0.5, 0.6) is 5.75 Å². The molecule has 1 aromatic rings. The van der Waals surface area contributed by atoms with Crippen LogP contribution in [0.4, 0.5) is 0 Å². The van der Waals surface area contributed by atoms with Crippen LogP contribution in [-0.2, 0) is 29.2 Å². The SMILES string of the molecule is CC(C)OP(=O)(OC(C)(C)C(=O)C=Cc1cc(C(C)(C)C)c(O)c(C(C)(C)C)c1)C(C)C. The minimum absolute atomic E-state index is 0.265. The summed E-state index contributed by atoms with van der Waals surface area (Å²) < 4.78 is 24.6. The van der Waals surface area contributed by atoms with Crippen LogP contribution < -0.4 is 0 Å². The molecular formula is C26H43O5P. The highest BCUT2D eigenvalue weighted by Crippen LogP contribution is 2.56. The van der Waals surface area contributed by atoms with Gasteiger partial charge in [-0.15, -0.1) is 0 Å². The fraction of sp³-hybridized carbons (Fsp3) is 0.654. The third-order valence-corrected chi connectivity index (χ3v) is 7.81. The summed E-state index contributed by atoms with van der Waals surface area (Å²) in [5.74, 6) is -0.0192. The highest BCUT2D eigenvalue weighted by atomic mass is 31.2. The molecule has 6 heteroatoms. The first-order valence-corrected chi connectivity index (χ1v) is 12.9. The second-order valence-electron chi connectivity index (χ2n) is 11.6. The molecule has 1 aromatic carbocycles. The Morgan fingerprint density at radius 2 is 1.38 bits per heavy atom. The number of rotatable bonds is 8. The Labute approximate surface area is 195 Å². The van der Waals surface area contributed by atoms with Gasteiger partial charge < -0.3 is 9.63 Å². The van der Waals surface area contributed by atoms with Gasteiger partial charge in [0.15, 0.2) is 5.78 Å². The van der Waals surface area contributed by atoms with Gasteiger partial charge in [-0.1, -0.05) is 61.5 Å². The number of aromatic hydroxyl groups is 1. The van der Waals surface area contributed by atoms with Crippen molar-refractivity contribution in [1.82, 2.24) is 0 Å². The number of phenols is 1. The minimum atomic E-state index is -3.47. The normalized spacial score (nSPS) is 15.6. The first-order valence-electron chi connectivity index (χ1n) is 11.3. The number of carbonyl (C=O) groups is 1. The number of benzene rings is 1. The molecule has 0 radical (unpaired) electrons. The van der Waals surface area contributed by atoms with Crippen LogP contribution in [0.1, 0.15) is 99.8 Å². The molecule has 0 saturated carbocycles. The number of hydrogen-bond acceptors (Lipinski definition) is 5. The van der Waals surface area contributed by atoms with Crippen molar-refractivity contribution < 1.29 is 23.5 Å². The number of ketones is 1. The Morgan fingerprint density at radius 1 is 0.938 bits per heavy atom. The van der Waals surface area contributed by atoms with E-state index in [4.69, 9.17) is 9.05 Å². The van der Waals surface area contributed by atoms with E-state index in [0.29, 0.717) is 5.75 Å². The van der Waals surface area contributed by atoms with Gasteiger partial charge in [0.25, 0.3) is 0 Å². The van der Waals surface area contributed by atoms with E-state index in [9.17, 15) is 14.5 Å². The summed E-state index contributed by atoms with van der Waals surface area (Å²) in [5.41, 5.74) is 0.233. The fourth-order valence-corrected chi connectivity index (χ4v) is 4.99. The Morgan fingerprint density at radius 3 is 1.72 bits per heavy atom. The predicted molar refractivity (Wildman–Crippen MR) is 134 cm³/mol. The Balaban J connectivity index is 3.34. The molecule has 1 N–H and O–H groups in total. The second-order valence-corrected chi connectivity index (χ2v) is 14.1. The molecule has 0 bridgehead atoms. The first-order chi connectivity index (χ1) is 14.2. The summed E-state index contributed by atoms with van der Waals surface area (Å²) in [6.07, 6.45) is 2.89. The maximum Gasteiger partial charge on any atom is 0.334 e. The summed E-state index contributed by atoms with van der Waals surface area (Å²) in [4.78, 5) is 13.0. The summed E-state index contributed by atoms with van der Waals surface area (Å²) in [6, 6.07) is 3.81. The number of carbonyl (C=O) groups excluding carboxylic acids is 1. The highest BCUT2D eigenvalue weighted by molar-refractivity contribution is 7.54. The average Bonchev–Trinajstić information content (AvgIpc) is 2.56. The Hall–Kier alpha value is -1.42. The van der Waals surface area contributed by atoms with E-state index >= 15 is 0 Å². The van der Waals surface area contributed by atoms with E-state index in [-0.39, 0.29) is 28.4 Å². The van der Waals surface area contributed by atoms with Gasteiger partial charge in [0.05, 0.1) is 11.8 Å². The standard InChI is InChI=1S/C26H43O5P/c1-17(2)30-32(29,18(3)4)31-26(11,12)22(27)14-13-19-15-20(24(5,6)7)23(28)21(16-19)25(8,9)10/h13-18,28H,1-12H3. The lowest BCUT2D eigenvalue weighted by Gasteiger charge is -2.31. The number of hydrogen-bond donors (Lipinski definition) is 1. The van der Waals surface area contributed by atoms with Gasteiger partial charge >= 0.3 is 7.60 Å². The van der Waals surface area contributed by atoms with Crippen molar-refractivity contribution in [3.8, 4) is 5.75 Å². The second kappa shape index (κ2) is 9.83. The van der Waals surface area contributed by atoms with Crippen molar-refractivity contribution in [3.05, 3.63) is 34.9 Å². The lowest BCUT2D eigenvalue weighted by molar-refractivity contribution is -0.127. The molecule has 1 rings (SSSR count). The van der Waals surface area contributed by atoms with E-state index in [1.54, 1.807) is 47.6 Å². The Kier molecular flexibility index (Phi) is 8.79. The quantitative estimate of drug-likeness (QED) is 0.319. The van der Waals surface area contributed by atoms with Gasteiger partial charge in [-0.25, -0.2) is 0 Å². The molecule has 1 atom stereocenters. The largest absolute Gasteiger partial charge is 0.507 e. The smallest absolute Gasteiger partial charge is 0.334 e. The molecule has 0 amide bonds. The third-order valence-electron chi connectivity index (χ3n) is 5.11. The van der Waals surface area contributed by atoms with Crippen molar-refractivity contribution in [2.45, 2.75) is 111 Å². The van der Waals surface area contributed by atoms with E-state index in [2.05, 4.69) is 0 Å². The predicted octanol–water partition coefficient (Wildman–Crippen LogP) is 7.39. The van der Waals surface area contributed by atoms with Crippen molar-refractivity contribution in [2.75, 3.05) is 0 Å². The van der Waals surface area contributed by atoms with Gasteiger partial charge in [-0.05, 0) is 62.3 Å². The zero-order valence-corrected chi connectivity index (χ0v) is 22.9. The topological polar surface area (TPSA) is 72.8 Å². The molecule has 1 unspecified atom stereocenters. The lowest BCUT2D eigenvalue weighted by Crippen LogP contribution is -2.34. The van der Waals surface area contributed by atoms with Crippen LogP contribution in [-0.4, -0.2) is 28.3 Å². The highest BCUT2D eigenvalue weighted by Gasteiger charge is 2.40. The minimum Gasteiger partial charge on any atom is -0.507 e. The monoisotopic (exact) mass is 466 g/mol. The fourth-order valence-electron chi connectivity index (χ4n) is 3.17. The van der Waals surface area contributed by atoms with Gasteiger partial charge in [-0.2, -0.15) is 0 Å². The molecule has 0 spiro atoms. The molecule has 0 fully saturated rings. The van der Waals surface area contributed by atoms with Crippen LogP contribution in [0.15, 0.2) is 18.2 Å². The van der Waals surface area contributed by atoms with Crippen LogP contribution in [0.25, 0.3) is 6.08 Å². The Bertz CT molecular complexity index is 861. The zero-order valence-electron chi connectivity index (χ0n) is 22.0. The summed E-state index contributed by atoms with van der Waals surface area (Å²) in [6.45, 7) is 22.6. The zero-order chi connectivity index (χ0) is 25.3. The first kappa shape index (κ1) is 28.6. The van der Waals surface area contributed by atoms with Gasteiger partial charge in [0.1, 0.15) is 11.4 Å². The van der Waals surface area contributed by atoms with E-state index < -0.39 is 13.2 Å². The van der Waals surface area contributed by atoms with Crippen LogP contribution >= 0.6 is 7.60 Å². The molecular weight excluding hydrogens is 423 g/mol. The molecule has 0 aliphatic heterocycles.